The molecular weight excluding hydrogens is 252 g/mol. The lowest BCUT2D eigenvalue weighted by atomic mass is 10.1. The first-order chi connectivity index (χ1) is 9.06. The predicted octanol–water partition coefficient (Wildman–Crippen LogP) is 2.01. The molecule has 0 aliphatic carbocycles. The molecule has 1 rings (SSSR count). The zero-order valence-corrected chi connectivity index (χ0v) is 10.2. The van der Waals surface area contributed by atoms with E-state index in [1.165, 1.54) is 12.1 Å². The number of rotatable bonds is 8. The highest BCUT2D eigenvalue weighted by atomic mass is 16.7. The van der Waals surface area contributed by atoms with Crippen LogP contribution < -0.4 is 4.74 Å². The number of carboxylic acids is 2. The second kappa shape index (κ2) is 7.17. The van der Waals surface area contributed by atoms with E-state index in [0.29, 0.717) is 13.0 Å². The maximum atomic E-state index is 10.9. The molecule has 1 aromatic carbocycles. The van der Waals surface area contributed by atoms with Gasteiger partial charge in [-0.1, -0.05) is 6.08 Å². The van der Waals surface area contributed by atoms with Crippen molar-refractivity contribution in [3.05, 3.63) is 42.0 Å². The molecule has 102 valence electrons. The number of hydrogen-bond donors (Lipinski definition) is 2. The van der Waals surface area contributed by atoms with E-state index in [2.05, 4.69) is 6.58 Å². The van der Waals surface area contributed by atoms with Crippen LogP contribution in [0.15, 0.2) is 30.9 Å². The Morgan fingerprint density at radius 2 is 1.89 bits per heavy atom. The number of hydrogen-bond acceptors (Lipinski definition) is 4. The molecule has 0 atom stereocenters. The van der Waals surface area contributed by atoms with Crippen molar-refractivity contribution >= 4 is 11.9 Å². The summed E-state index contributed by atoms with van der Waals surface area (Å²) in [5, 5.41) is 17.8. The fraction of sp³-hybridized carbons (Fsp3) is 0.231. The summed E-state index contributed by atoms with van der Waals surface area (Å²) in [5.74, 6) is -2.39. The molecule has 6 heteroatoms. The van der Waals surface area contributed by atoms with E-state index in [9.17, 15) is 9.59 Å². The summed E-state index contributed by atoms with van der Waals surface area (Å²) in [6.45, 7) is 3.94. The Labute approximate surface area is 109 Å². The van der Waals surface area contributed by atoms with Crippen LogP contribution in [-0.4, -0.2) is 35.6 Å². The first kappa shape index (κ1) is 14.7. The van der Waals surface area contributed by atoms with Gasteiger partial charge in [0.2, 0.25) is 0 Å². The van der Waals surface area contributed by atoms with Crippen molar-refractivity contribution in [2.45, 2.75) is 6.42 Å². The van der Waals surface area contributed by atoms with Crippen LogP contribution in [0, 0.1) is 0 Å². The van der Waals surface area contributed by atoms with Crippen molar-refractivity contribution in [3.8, 4) is 5.75 Å². The third kappa shape index (κ3) is 4.44. The quantitative estimate of drug-likeness (QED) is 0.424. The van der Waals surface area contributed by atoms with Crippen LogP contribution >= 0.6 is 0 Å². The van der Waals surface area contributed by atoms with Crippen molar-refractivity contribution in [2.75, 3.05) is 13.4 Å². The lowest BCUT2D eigenvalue weighted by molar-refractivity contribution is 0.0176. The van der Waals surface area contributed by atoms with Gasteiger partial charge in [-0.3, -0.25) is 0 Å². The lowest BCUT2D eigenvalue weighted by Crippen LogP contribution is -2.09. The number of carboxylic acid groups (broad SMARTS) is 2. The second-order valence-corrected chi connectivity index (χ2v) is 3.57. The molecule has 0 aromatic heterocycles. The number of aromatic carboxylic acids is 2. The zero-order valence-electron chi connectivity index (χ0n) is 10.2. The maximum absolute atomic E-state index is 10.9. The normalized spacial score (nSPS) is 9.89. The van der Waals surface area contributed by atoms with Crippen LogP contribution in [-0.2, 0) is 4.74 Å². The van der Waals surface area contributed by atoms with Crippen LogP contribution in [0.2, 0.25) is 0 Å². The minimum atomic E-state index is -1.32. The molecule has 0 spiro atoms. The SMILES string of the molecule is C=CCCOCOc1ccc(C(=O)O)c(C(=O)O)c1. The van der Waals surface area contributed by atoms with Crippen molar-refractivity contribution in [1.82, 2.24) is 0 Å². The van der Waals surface area contributed by atoms with Gasteiger partial charge in [0.15, 0.2) is 6.79 Å². The molecule has 0 bridgehead atoms. The molecule has 0 aliphatic heterocycles. The van der Waals surface area contributed by atoms with Crippen molar-refractivity contribution in [3.63, 3.8) is 0 Å². The van der Waals surface area contributed by atoms with Crippen LogP contribution in [0.4, 0.5) is 0 Å². The first-order valence-electron chi connectivity index (χ1n) is 5.48. The van der Waals surface area contributed by atoms with E-state index in [-0.39, 0.29) is 23.7 Å². The van der Waals surface area contributed by atoms with Crippen molar-refractivity contribution in [2.24, 2.45) is 0 Å². The molecule has 0 radical (unpaired) electrons. The number of benzene rings is 1. The molecule has 2 N–H and O–H groups in total. The molecule has 0 unspecified atom stereocenters. The molecule has 6 nitrogen and oxygen atoms in total. The summed E-state index contributed by atoms with van der Waals surface area (Å²) in [5.41, 5.74) is -0.608. The number of ether oxygens (including phenoxy) is 2. The van der Waals surface area contributed by atoms with Gasteiger partial charge < -0.3 is 19.7 Å². The third-order valence-electron chi connectivity index (χ3n) is 2.23. The molecule has 0 saturated heterocycles. The molecule has 0 fully saturated rings. The predicted molar refractivity (Wildman–Crippen MR) is 66.6 cm³/mol. The molecule has 0 aliphatic rings. The molecule has 0 amide bonds. The Bertz CT molecular complexity index is 480. The number of carbonyl (C=O) groups is 2. The van der Waals surface area contributed by atoms with Gasteiger partial charge in [-0.05, 0) is 24.6 Å². The third-order valence-corrected chi connectivity index (χ3v) is 2.23. The average Bonchev–Trinajstić information content (AvgIpc) is 2.38. The minimum absolute atomic E-state index is 0.0423. The minimum Gasteiger partial charge on any atom is -0.478 e. The van der Waals surface area contributed by atoms with E-state index in [0.717, 1.165) is 6.07 Å². The molecule has 1 aromatic rings. The second-order valence-electron chi connectivity index (χ2n) is 3.57. The zero-order chi connectivity index (χ0) is 14.3. The summed E-state index contributed by atoms with van der Waals surface area (Å²) in [6.07, 6.45) is 2.38. The van der Waals surface area contributed by atoms with Crippen LogP contribution in [0.1, 0.15) is 27.1 Å². The van der Waals surface area contributed by atoms with Gasteiger partial charge in [-0.2, -0.15) is 0 Å². The standard InChI is InChI=1S/C13H14O6/c1-2-3-6-18-8-19-9-4-5-10(12(14)15)11(7-9)13(16)17/h2,4-5,7H,1,3,6,8H2,(H,14,15)(H,16,17). The Morgan fingerprint density at radius 3 is 2.47 bits per heavy atom. The van der Waals surface area contributed by atoms with Crippen LogP contribution in [0.5, 0.6) is 5.75 Å². The molecule has 0 heterocycles. The highest BCUT2D eigenvalue weighted by molar-refractivity contribution is 6.01. The molecule has 19 heavy (non-hydrogen) atoms. The summed E-state index contributed by atoms with van der Waals surface area (Å²) >= 11 is 0. The lowest BCUT2D eigenvalue weighted by Gasteiger charge is -2.08. The summed E-state index contributed by atoms with van der Waals surface area (Å²) in [6, 6.07) is 3.72. The van der Waals surface area contributed by atoms with Gasteiger partial charge in [0.25, 0.3) is 0 Å². The Morgan fingerprint density at radius 1 is 1.21 bits per heavy atom. The largest absolute Gasteiger partial charge is 0.478 e. The highest BCUT2D eigenvalue weighted by Gasteiger charge is 2.16. The van der Waals surface area contributed by atoms with Gasteiger partial charge in [0.1, 0.15) is 5.75 Å². The highest BCUT2D eigenvalue weighted by Crippen LogP contribution is 2.18. The average molecular weight is 266 g/mol. The summed E-state index contributed by atoms with van der Waals surface area (Å²) in [4.78, 5) is 21.8. The van der Waals surface area contributed by atoms with Crippen LogP contribution in [0.3, 0.4) is 0 Å². The fourth-order valence-corrected chi connectivity index (χ4v) is 1.31. The Hall–Kier alpha value is -2.34. The Balaban J connectivity index is 2.70. The van der Waals surface area contributed by atoms with Crippen molar-refractivity contribution in [1.29, 1.82) is 0 Å². The first-order valence-corrected chi connectivity index (χ1v) is 5.48. The van der Waals surface area contributed by atoms with Gasteiger partial charge in [0, 0.05) is 0 Å². The fourth-order valence-electron chi connectivity index (χ4n) is 1.31. The molecule has 0 saturated carbocycles. The van der Waals surface area contributed by atoms with Gasteiger partial charge in [-0.25, -0.2) is 9.59 Å². The molecular formula is C13H14O6. The van der Waals surface area contributed by atoms with Gasteiger partial charge in [-0.15, -0.1) is 6.58 Å². The van der Waals surface area contributed by atoms with Gasteiger partial charge >= 0.3 is 11.9 Å². The maximum Gasteiger partial charge on any atom is 0.336 e. The Kier molecular flexibility index (Phi) is 5.56. The van der Waals surface area contributed by atoms with E-state index in [1.807, 2.05) is 0 Å². The summed E-state index contributed by atoms with van der Waals surface area (Å²) < 4.78 is 10.3. The van der Waals surface area contributed by atoms with Gasteiger partial charge in [0.05, 0.1) is 17.7 Å². The van der Waals surface area contributed by atoms with E-state index >= 15 is 0 Å². The van der Waals surface area contributed by atoms with Crippen molar-refractivity contribution < 1.29 is 29.3 Å². The monoisotopic (exact) mass is 266 g/mol. The topological polar surface area (TPSA) is 93.1 Å². The smallest absolute Gasteiger partial charge is 0.336 e. The van der Waals surface area contributed by atoms with E-state index < -0.39 is 11.9 Å². The van der Waals surface area contributed by atoms with E-state index in [1.54, 1.807) is 6.08 Å². The van der Waals surface area contributed by atoms with E-state index in [4.69, 9.17) is 19.7 Å². The summed E-state index contributed by atoms with van der Waals surface area (Å²) in [7, 11) is 0. The van der Waals surface area contributed by atoms with Crippen LogP contribution in [0.25, 0.3) is 0 Å².